The van der Waals surface area contributed by atoms with Crippen molar-refractivity contribution in [2.24, 2.45) is 0 Å². The normalized spacial score (nSPS) is 12.0. The standard InChI is InChI=1S/C15H14BrClN2O2/c1-2-13(10-4-3-5-11(16)8-10)18-14-9-12(17)6-7-15(14)19(20)21/h3-9,13,18H,2H2,1H3. The predicted molar refractivity (Wildman–Crippen MR) is 88.9 cm³/mol. The second-order valence-corrected chi connectivity index (χ2v) is 5.93. The second kappa shape index (κ2) is 6.91. The lowest BCUT2D eigenvalue weighted by atomic mass is 10.0. The van der Waals surface area contributed by atoms with Crippen LogP contribution in [-0.4, -0.2) is 4.92 Å². The van der Waals surface area contributed by atoms with Gasteiger partial charge in [0.05, 0.1) is 11.0 Å². The Hall–Kier alpha value is -1.59. The minimum absolute atomic E-state index is 0.0212. The van der Waals surface area contributed by atoms with Crippen molar-refractivity contribution in [3.63, 3.8) is 0 Å². The summed E-state index contributed by atoms with van der Waals surface area (Å²) >= 11 is 9.39. The molecule has 2 aromatic carbocycles. The van der Waals surface area contributed by atoms with Crippen LogP contribution in [0.5, 0.6) is 0 Å². The van der Waals surface area contributed by atoms with Crippen LogP contribution in [0.25, 0.3) is 0 Å². The summed E-state index contributed by atoms with van der Waals surface area (Å²) < 4.78 is 0.973. The molecule has 0 aromatic heterocycles. The number of nitrogens with zero attached hydrogens (tertiary/aromatic N) is 1. The summed E-state index contributed by atoms with van der Waals surface area (Å²) in [4.78, 5) is 10.7. The third kappa shape index (κ3) is 3.95. The molecule has 0 aliphatic carbocycles. The first-order valence-electron chi connectivity index (χ1n) is 6.47. The van der Waals surface area contributed by atoms with Gasteiger partial charge in [0.15, 0.2) is 0 Å². The lowest BCUT2D eigenvalue weighted by Gasteiger charge is -2.19. The Morgan fingerprint density at radius 2 is 2.10 bits per heavy atom. The number of nitrogens with one attached hydrogen (secondary N) is 1. The Kier molecular flexibility index (Phi) is 5.20. The first kappa shape index (κ1) is 15.8. The fourth-order valence-electron chi connectivity index (χ4n) is 2.12. The summed E-state index contributed by atoms with van der Waals surface area (Å²) in [5.41, 5.74) is 1.51. The molecule has 0 heterocycles. The van der Waals surface area contributed by atoms with Gasteiger partial charge >= 0.3 is 0 Å². The molecule has 0 bridgehead atoms. The topological polar surface area (TPSA) is 55.2 Å². The van der Waals surface area contributed by atoms with Gasteiger partial charge in [0.2, 0.25) is 0 Å². The van der Waals surface area contributed by atoms with Gasteiger partial charge in [-0.3, -0.25) is 10.1 Å². The van der Waals surface area contributed by atoms with Crippen LogP contribution in [0, 0.1) is 10.1 Å². The van der Waals surface area contributed by atoms with Gasteiger partial charge in [-0.05, 0) is 36.2 Å². The Morgan fingerprint density at radius 1 is 1.33 bits per heavy atom. The summed E-state index contributed by atoms with van der Waals surface area (Å²) in [5.74, 6) is 0. The minimum Gasteiger partial charge on any atom is -0.373 e. The van der Waals surface area contributed by atoms with E-state index in [1.54, 1.807) is 6.07 Å². The summed E-state index contributed by atoms with van der Waals surface area (Å²) in [5, 5.41) is 14.8. The van der Waals surface area contributed by atoms with Gasteiger partial charge < -0.3 is 5.32 Å². The summed E-state index contributed by atoms with van der Waals surface area (Å²) in [6, 6.07) is 12.4. The minimum atomic E-state index is -0.410. The number of anilines is 1. The van der Waals surface area contributed by atoms with Crippen LogP contribution in [-0.2, 0) is 0 Å². The molecule has 4 nitrogen and oxygen atoms in total. The van der Waals surface area contributed by atoms with Crippen LogP contribution in [0.4, 0.5) is 11.4 Å². The smallest absolute Gasteiger partial charge is 0.292 e. The molecule has 1 unspecified atom stereocenters. The van der Waals surface area contributed by atoms with E-state index in [1.807, 2.05) is 31.2 Å². The highest BCUT2D eigenvalue weighted by molar-refractivity contribution is 9.10. The number of halogens is 2. The molecule has 0 radical (unpaired) electrons. The number of nitro benzene ring substituents is 1. The van der Waals surface area contributed by atoms with E-state index >= 15 is 0 Å². The highest BCUT2D eigenvalue weighted by atomic mass is 79.9. The van der Waals surface area contributed by atoms with Crippen LogP contribution in [0.15, 0.2) is 46.9 Å². The summed E-state index contributed by atoms with van der Waals surface area (Å²) in [7, 11) is 0. The monoisotopic (exact) mass is 368 g/mol. The molecular weight excluding hydrogens is 356 g/mol. The summed E-state index contributed by atoms with van der Waals surface area (Å²) in [6.07, 6.45) is 0.792. The Bertz CT molecular complexity index is 664. The van der Waals surface area contributed by atoms with Crippen molar-refractivity contribution in [3.8, 4) is 0 Å². The maximum atomic E-state index is 11.1. The molecule has 0 aliphatic heterocycles. The largest absolute Gasteiger partial charge is 0.373 e. The molecule has 110 valence electrons. The van der Waals surface area contributed by atoms with E-state index < -0.39 is 4.92 Å². The Labute approximate surface area is 136 Å². The second-order valence-electron chi connectivity index (χ2n) is 4.58. The van der Waals surface area contributed by atoms with E-state index in [1.165, 1.54) is 12.1 Å². The molecule has 21 heavy (non-hydrogen) atoms. The molecule has 1 atom stereocenters. The number of hydrogen-bond donors (Lipinski definition) is 1. The number of benzene rings is 2. The molecule has 0 saturated carbocycles. The van der Waals surface area contributed by atoms with Crippen molar-refractivity contribution in [1.82, 2.24) is 0 Å². The molecule has 2 rings (SSSR count). The average molecular weight is 370 g/mol. The zero-order valence-electron chi connectivity index (χ0n) is 11.3. The quantitative estimate of drug-likeness (QED) is 0.553. The molecule has 0 spiro atoms. The number of nitro groups is 1. The SMILES string of the molecule is CCC(Nc1cc(Cl)ccc1[N+](=O)[O-])c1cccc(Br)c1. The van der Waals surface area contributed by atoms with Gasteiger partial charge in [-0.1, -0.05) is 46.6 Å². The molecule has 1 N–H and O–H groups in total. The van der Waals surface area contributed by atoms with E-state index in [-0.39, 0.29) is 11.7 Å². The zero-order valence-corrected chi connectivity index (χ0v) is 13.7. The average Bonchev–Trinajstić information content (AvgIpc) is 2.44. The highest BCUT2D eigenvalue weighted by Crippen LogP contribution is 2.32. The van der Waals surface area contributed by atoms with Crippen LogP contribution in [0.1, 0.15) is 24.9 Å². The van der Waals surface area contributed by atoms with Gasteiger partial charge in [-0.25, -0.2) is 0 Å². The van der Waals surface area contributed by atoms with Crippen LogP contribution >= 0.6 is 27.5 Å². The van der Waals surface area contributed by atoms with Gasteiger partial charge in [0.25, 0.3) is 5.69 Å². The van der Waals surface area contributed by atoms with Crippen LogP contribution in [0.2, 0.25) is 5.02 Å². The third-order valence-electron chi connectivity index (χ3n) is 3.14. The van der Waals surface area contributed by atoms with Crippen molar-refractivity contribution in [2.75, 3.05) is 5.32 Å². The van der Waals surface area contributed by atoms with E-state index in [9.17, 15) is 10.1 Å². The molecule has 0 amide bonds. The molecule has 6 heteroatoms. The third-order valence-corrected chi connectivity index (χ3v) is 3.87. The van der Waals surface area contributed by atoms with E-state index in [2.05, 4.69) is 21.2 Å². The first-order valence-corrected chi connectivity index (χ1v) is 7.64. The van der Waals surface area contributed by atoms with Gasteiger partial charge in [-0.15, -0.1) is 0 Å². The Morgan fingerprint density at radius 3 is 2.71 bits per heavy atom. The molecule has 0 aliphatic rings. The number of hydrogen-bond acceptors (Lipinski definition) is 3. The van der Waals surface area contributed by atoms with E-state index in [0.717, 1.165) is 16.5 Å². The lowest BCUT2D eigenvalue weighted by Crippen LogP contribution is -2.11. The predicted octanol–water partition coefficient (Wildman–Crippen LogP) is 5.57. The maximum Gasteiger partial charge on any atom is 0.292 e. The first-order chi connectivity index (χ1) is 10.0. The van der Waals surface area contributed by atoms with Crippen LogP contribution < -0.4 is 5.32 Å². The van der Waals surface area contributed by atoms with Gasteiger partial charge in [0.1, 0.15) is 5.69 Å². The van der Waals surface area contributed by atoms with Crippen molar-refractivity contribution in [1.29, 1.82) is 0 Å². The van der Waals surface area contributed by atoms with Crippen molar-refractivity contribution in [3.05, 3.63) is 67.6 Å². The van der Waals surface area contributed by atoms with Crippen LogP contribution in [0.3, 0.4) is 0 Å². The summed E-state index contributed by atoms with van der Waals surface area (Å²) in [6.45, 7) is 2.02. The fraction of sp³-hybridized carbons (Fsp3) is 0.200. The fourth-order valence-corrected chi connectivity index (χ4v) is 2.70. The molecule has 2 aromatic rings. The zero-order chi connectivity index (χ0) is 15.4. The molecule has 0 saturated heterocycles. The van der Waals surface area contributed by atoms with Crippen molar-refractivity contribution < 1.29 is 4.92 Å². The Balaban J connectivity index is 2.34. The molecular formula is C15H14BrClN2O2. The lowest BCUT2D eigenvalue weighted by molar-refractivity contribution is -0.384. The van der Waals surface area contributed by atoms with Gasteiger partial charge in [-0.2, -0.15) is 0 Å². The van der Waals surface area contributed by atoms with Crippen molar-refractivity contribution in [2.45, 2.75) is 19.4 Å². The van der Waals surface area contributed by atoms with Crippen molar-refractivity contribution >= 4 is 38.9 Å². The maximum absolute atomic E-state index is 11.1. The number of rotatable bonds is 5. The van der Waals surface area contributed by atoms with Gasteiger partial charge in [0, 0.05) is 15.6 Å². The van der Waals surface area contributed by atoms with E-state index in [4.69, 9.17) is 11.6 Å². The molecule has 0 fully saturated rings. The van der Waals surface area contributed by atoms with E-state index in [0.29, 0.717) is 10.7 Å². The highest BCUT2D eigenvalue weighted by Gasteiger charge is 2.18.